The van der Waals surface area contributed by atoms with E-state index in [0.29, 0.717) is 5.69 Å². The Morgan fingerprint density at radius 2 is 1.92 bits per heavy atom. The third-order valence-corrected chi connectivity index (χ3v) is 2.96. The van der Waals surface area contributed by atoms with Crippen molar-refractivity contribution >= 4 is 11.6 Å². The van der Waals surface area contributed by atoms with Crippen LogP contribution in [0, 0.1) is 0 Å². The number of hydrogen-bond acceptors (Lipinski definition) is 4. The molecule has 0 radical (unpaired) electrons. The summed E-state index contributed by atoms with van der Waals surface area (Å²) >= 11 is 0. The molecule has 0 heterocycles. The van der Waals surface area contributed by atoms with Crippen LogP contribution in [-0.4, -0.2) is 26.2 Å². The zero-order valence-corrected chi connectivity index (χ0v) is 14.6. The van der Waals surface area contributed by atoms with Gasteiger partial charge >= 0.3 is 6.18 Å². The van der Waals surface area contributed by atoms with E-state index in [9.17, 15) is 18.0 Å². The molecule has 1 rings (SSSR count). The second-order valence-corrected chi connectivity index (χ2v) is 4.73. The number of alkyl halides is 3. The topological polar surface area (TPSA) is 93.2 Å². The number of carbonyl (C=O) groups is 1. The number of carbonyl (C=O) groups excluding carboxylic acids is 1. The molecule has 1 amide bonds. The Hall–Kier alpha value is -2.32. The van der Waals surface area contributed by atoms with Crippen LogP contribution in [0.15, 0.2) is 47.7 Å². The predicted molar refractivity (Wildman–Crippen MR) is 94.6 cm³/mol. The zero-order chi connectivity index (χ0) is 19.5. The van der Waals surface area contributed by atoms with Gasteiger partial charge < -0.3 is 22.1 Å². The van der Waals surface area contributed by atoms with Gasteiger partial charge in [-0.15, -0.1) is 0 Å². The molecule has 0 aliphatic heterocycles. The highest BCUT2D eigenvalue weighted by molar-refractivity contribution is 5.96. The summed E-state index contributed by atoms with van der Waals surface area (Å²) in [4.78, 5) is 11.9. The maximum atomic E-state index is 13.0. The number of hydrogen-bond donors (Lipinski definition) is 4. The van der Waals surface area contributed by atoms with Gasteiger partial charge in [0.05, 0.1) is 5.57 Å². The van der Waals surface area contributed by atoms with Crippen molar-refractivity contribution in [1.29, 1.82) is 0 Å². The molecule has 6 N–H and O–H groups in total. The largest absolute Gasteiger partial charge is 0.416 e. The van der Waals surface area contributed by atoms with E-state index in [2.05, 4.69) is 16.4 Å². The summed E-state index contributed by atoms with van der Waals surface area (Å²) in [5.41, 5.74) is 10.2. The van der Waals surface area contributed by atoms with Gasteiger partial charge in [-0.1, -0.05) is 25.1 Å². The highest BCUT2D eigenvalue weighted by Gasteiger charge is 2.32. The molecule has 0 spiro atoms. The number of allylic oxidation sites excluding steroid dienone is 3. The van der Waals surface area contributed by atoms with Crippen molar-refractivity contribution < 1.29 is 18.0 Å². The molecule has 0 fully saturated rings. The number of nitrogens with two attached hydrogens (primary N) is 2. The SMILES string of the molecule is CC/C=C(/C=C(\Nc1cccc(CN)c1)C(=O)NC)C(F)(F)F.CN. The Balaban J connectivity index is 0.00000277. The van der Waals surface area contributed by atoms with Gasteiger partial charge in [-0.05, 0) is 37.2 Å². The third-order valence-electron chi connectivity index (χ3n) is 2.96. The van der Waals surface area contributed by atoms with E-state index < -0.39 is 17.7 Å². The maximum absolute atomic E-state index is 13.0. The lowest BCUT2D eigenvalue weighted by Crippen LogP contribution is -2.25. The van der Waals surface area contributed by atoms with Crippen molar-refractivity contribution in [2.45, 2.75) is 26.1 Å². The van der Waals surface area contributed by atoms with Crippen molar-refractivity contribution in [2.75, 3.05) is 19.4 Å². The van der Waals surface area contributed by atoms with Crippen molar-refractivity contribution in [1.82, 2.24) is 5.32 Å². The third kappa shape index (κ3) is 7.86. The summed E-state index contributed by atoms with van der Waals surface area (Å²) < 4.78 is 39.0. The molecule has 5 nitrogen and oxygen atoms in total. The van der Waals surface area contributed by atoms with E-state index in [4.69, 9.17) is 5.73 Å². The molecule has 0 unspecified atom stereocenters. The molecule has 0 aromatic heterocycles. The fraction of sp³-hybridized carbons (Fsp3) is 0.353. The van der Waals surface area contributed by atoms with Gasteiger partial charge in [0.15, 0.2) is 0 Å². The average Bonchev–Trinajstić information content (AvgIpc) is 2.61. The van der Waals surface area contributed by atoms with Crippen LogP contribution in [0.4, 0.5) is 18.9 Å². The van der Waals surface area contributed by atoms with Crippen LogP contribution in [0.25, 0.3) is 0 Å². The van der Waals surface area contributed by atoms with E-state index in [0.717, 1.165) is 17.7 Å². The summed E-state index contributed by atoms with van der Waals surface area (Å²) in [5, 5.41) is 5.04. The van der Waals surface area contributed by atoms with E-state index in [1.807, 2.05) is 0 Å². The lowest BCUT2D eigenvalue weighted by atomic mass is 10.1. The average molecular weight is 358 g/mol. The first kappa shape index (κ1) is 22.7. The second-order valence-electron chi connectivity index (χ2n) is 4.73. The van der Waals surface area contributed by atoms with Crippen LogP contribution in [0.1, 0.15) is 18.9 Å². The Bertz CT molecular complexity index is 610. The molecule has 0 aliphatic carbocycles. The molecule has 0 atom stereocenters. The molecule has 0 aliphatic rings. The van der Waals surface area contributed by atoms with Gasteiger partial charge in [-0.25, -0.2) is 0 Å². The van der Waals surface area contributed by atoms with E-state index in [1.165, 1.54) is 14.1 Å². The standard InChI is InChI=1S/C16H20F3N3O.CH5N/c1-3-5-12(16(17,18)19)9-14(15(23)21-2)22-13-7-4-6-11(8-13)10-20;1-2/h4-9,22H,3,10,20H2,1-2H3,(H,21,23);2H2,1H3/b12-5-,14-9-;. The van der Waals surface area contributed by atoms with Crippen LogP contribution in [0.2, 0.25) is 0 Å². The zero-order valence-electron chi connectivity index (χ0n) is 14.6. The highest BCUT2D eigenvalue weighted by Crippen LogP contribution is 2.28. The molecule has 25 heavy (non-hydrogen) atoms. The Kier molecular flexibility index (Phi) is 10.2. The van der Waals surface area contributed by atoms with Crippen molar-refractivity contribution in [3.63, 3.8) is 0 Å². The number of rotatable bonds is 6. The molecule has 0 saturated carbocycles. The number of anilines is 1. The van der Waals surface area contributed by atoms with E-state index in [-0.39, 0.29) is 18.7 Å². The van der Waals surface area contributed by atoms with Gasteiger partial charge in [-0.3, -0.25) is 4.79 Å². The predicted octanol–water partition coefficient (Wildman–Crippen LogP) is 2.66. The minimum absolute atomic E-state index is 0.196. The van der Waals surface area contributed by atoms with Crippen LogP contribution >= 0.6 is 0 Å². The highest BCUT2D eigenvalue weighted by atomic mass is 19.4. The Morgan fingerprint density at radius 3 is 2.40 bits per heavy atom. The number of halogens is 3. The minimum Gasteiger partial charge on any atom is -0.354 e. The lowest BCUT2D eigenvalue weighted by molar-refractivity contribution is -0.116. The summed E-state index contributed by atoms with van der Waals surface area (Å²) in [6.45, 7) is 1.88. The minimum atomic E-state index is -4.53. The van der Waals surface area contributed by atoms with E-state index in [1.54, 1.807) is 31.2 Å². The van der Waals surface area contributed by atoms with Gasteiger partial charge in [0.2, 0.25) is 0 Å². The number of likely N-dealkylation sites (N-methyl/N-ethyl adjacent to an activating group) is 1. The van der Waals surface area contributed by atoms with Gasteiger partial charge in [0.25, 0.3) is 5.91 Å². The van der Waals surface area contributed by atoms with Gasteiger partial charge in [-0.2, -0.15) is 13.2 Å². The van der Waals surface area contributed by atoms with Crippen LogP contribution < -0.4 is 22.1 Å². The Labute approximate surface area is 146 Å². The number of nitrogens with one attached hydrogen (secondary N) is 2. The van der Waals surface area contributed by atoms with E-state index >= 15 is 0 Å². The fourth-order valence-electron chi connectivity index (χ4n) is 1.86. The molecule has 8 heteroatoms. The molecular weight excluding hydrogens is 333 g/mol. The summed E-state index contributed by atoms with van der Waals surface area (Å²) in [7, 11) is 2.85. The molecule has 0 saturated heterocycles. The van der Waals surface area contributed by atoms with Crippen LogP contribution in [0.5, 0.6) is 0 Å². The van der Waals surface area contributed by atoms with Gasteiger partial charge in [0.1, 0.15) is 5.70 Å². The summed E-state index contributed by atoms with van der Waals surface area (Å²) in [6, 6.07) is 6.81. The lowest BCUT2D eigenvalue weighted by Gasteiger charge is -2.14. The van der Waals surface area contributed by atoms with Crippen LogP contribution in [-0.2, 0) is 11.3 Å². The molecule has 0 bridgehead atoms. The Morgan fingerprint density at radius 1 is 1.28 bits per heavy atom. The molecule has 1 aromatic carbocycles. The van der Waals surface area contributed by atoms with Crippen molar-refractivity contribution in [3.8, 4) is 0 Å². The maximum Gasteiger partial charge on any atom is 0.416 e. The summed E-state index contributed by atoms with van der Waals surface area (Å²) in [5.74, 6) is -0.644. The van der Waals surface area contributed by atoms with Crippen LogP contribution in [0.3, 0.4) is 0 Å². The molecule has 1 aromatic rings. The normalized spacial score (nSPS) is 12.2. The first-order chi connectivity index (χ1) is 11.8. The monoisotopic (exact) mass is 358 g/mol. The first-order valence-electron chi connectivity index (χ1n) is 7.66. The quantitative estimate of drug-likeness (QED) is 0.465. The molecular formula is C17H25F3N4O. The number of benzene rings is 1. The number of amides is 1. The first-order valence-corrected chi connectivity index (χ1v) is 7.66. The van der Waals surface area contributed by atoms with Crippen molar-refractivity contribution in [2.24, 2.45) is 11.5 Å². The van der Waals surface area contributed by atoms with Gasteiger partial charge in [0, 0.05) is 19.3 Å². The smallest absolute Gasteiger partial charge is 0.354 e. The van der Waals surface area contributed by atoms with Crippen molar-refractivity contribution in [3.05, 3.63) is 53.3 Å². The summed E-state index contributed by atoms with van der Waals surface area (Å²) in [6.07, 6.45) is -2.50. The molecule has 140 valence electrons. The fourth-order valence-corrected chi connectivity index (χ4v) is 1.86. The second kappa shape index (κ2) is 11.3.